The molecule has 0 heterocycles. The van der Waals surface area contributed by atoms with E-state index in [2.05, 4.69) is 22.2 Å². The van der Waals surface area contributed by atoms with Gasteiger partial charge in [-0.2, -0.15) is 0 Å². The van der Waals surface area contributed by atoms with Crippen LogP contribution in [0.25, 0.3) is 0 Å². The summed E-state index contributed by atoms with van der Waals surface area (Å²) in [5, 5.41) is 2.81. The molecule has 2 aromatic carbocycles. The number of aryl methyl sites for hydroxylation is 1. The van der Waals surface area contributed by atoms with Crippen molar-refractivity contribution in [1.82, 2.24) is 0 Å². The van der Waals surface area contributed by atoms with Crippen LogP contribution in [0.4, 0.5) is 11.4 Å². The molecule has 2 N–H and O–H groups in total. The molecule has 0 aliphatic heterocycles. The van der Waals surface area contributed by atoms with E-state index in [9.17, 15) is 13.2 Å². The summed E-state index contributed by atoms with van der Waals surface area (Å²) in [6.07, 6.45) is 6.51. The first kappa shape index (κ1) is 19.9. The number of carbonyl (C=O) groups is 1. The van der Waals surface area contributed by atoms with Crippen LogP contribution < -0.4 is 14.8 Å². The predicted octanol–water partition coefficient (Wildman–Crippen LogP) is 4.10. The zero-order valence-corrected chi connectivity index (χ0v) is 16.8. The van der Waals surface area contributed by atoms with Crippen LogP contribution in [0.3, 0.4) is 0 Å². The summed E-state index contributed by atoms with van der Waals surface area (Å²) in [6.45, 7) is 1.71. The molecule has 1 amide bonds. The quantitative estimate of drug-likeness (QED) is 0.686. The van der Waals surface area contributed by atoms with Gasteiger partial charge in [0, 0.05) is 12.1 Å². The normalized spacial score (nSPS) is 16.0. The highest BCUT2D eigenvalue weighted by Gasteiger charge is 2.20. The van der Waals surface area contributed by atoms with Crippen LogP contribution in [0.5, 0.6) is 5.75 Å². The first-order chi connectivity index (χ1) is 13.4. The van der Waals surface area contributed by atoms with Crippen LogP contribution in [-0.2, 0) is 14.8 Å². The monoisotopic (exact) mass is 400 g/mol. The largest absolute Gasteiger partial charge is 0.495 e. The number of benzene rings is 2. The molecule has 2 aromatic rings. The minimum Gasteiger partial charge on any atom is -0.495 e. The lowest BCUT2D eigenvalue weighted by Crippen LogP contribution is -2.17. The summed E-state index contributed by atoms with van der Waals surface area (Å²) < 4.78 is 33.6. The molecule has 0 bridgehead atoms. The maximum atomic E-state index is 12.9. The Labute approximate surface area is 165 Å². The van der Waals surface area contributed by atoms with Gasteiger partial charge in [0.05, 0.1) is 17.7 Å². The lowest BCUT2D eigenvalue weighted by Gasteiger charge is -2.15. The highest BCUT2D eigenvalue weighted by Crippen LogP contribution is 2.28. The number of nitrogens with one attached hydrogen (secondary N) is 2. The van der Waals surface area contributed by atoms with Gasteiger partial charge in [0.2, 0.25) is 5.91 Å². The standard InChI is InChI=1S/C21H24N2O4S/c1-15-11-12-17(22-21(24)13-16-7-3-4-8-16)14-20(15)28(25,26)23-18-9-5-6-10-19(18)27-2/h3,5-7,9-12,14,16,23H,4,8,13H2,1-2H3,(H,22,24). The van der Waals surface area contributed by atoms with Crippen LogP contribution >= 0.6 is 0 Å². The number of allylic oxidation sites excluding steroid dienone is 2. The Morgan fingerprint density at radius 2 is 2.00 bits per heavy atom. The van der Waals surface area contributed by atoms with Crippen molar-refractivity contribution in [2.75, 3.05) is 17.1 Å². The Bertz CT molecular complexity index is 999. The smallest absolute Gasteiger partial charge is 0.262 e. The molecular weight excluding hydrogens is 376 g/mol. The summed E-state index contributed by atoms with van der Waals surface area (Å²) >= 11 is 0. The van der Waals surface area contributed by atoms with E-state index in [1.807, 2.05) is 0 Å². The van der Waals surface area contributed by atoms with Crippen LogP contribution in [0, 0.1) is 12.8 Å². The zero-order chi connectivity index (χ0) is 20.1. The van der Waals surface area contributed by atoms with Crippen molar-refractivity contribution in [2.24, 2.45) is 5.92 Å². The van der Waals surface area contributed by atoms with Crippen LogP contribution in [0.2, 0.25) is 0 Å². The Morgan fingerprint density at radius 1 is 1.21 bits per heavy atom. The van der Waals surface area contributed by atoms with E-state index in [1.54, 1.807) is 43.3 Å². The van der Waals surface area contributed by atoms with E-state index in [0.29, 0.717) is 29.1 Å². The second kappa shape index (κ2) is 8.48. The fourth-order valence-corrected chi connectivity index (χ4v) is 4.55. The van der Waals surface area contributed by atoms with Crippen molar-refractivity contribution < 1.29 is 17.9 Å². The fraction of sp³-hybridized carbons (Fsp3) is 0.286. The van der Waals surface area contributed by atoms with Gasteiger partial charge in [-0.3, -0.25) is 9.52 Å². The van der Waals surface area contributed by atoms with Gasteiger partial charge in [-0.15, -0.1) is 0 Å². The first-order valence-electron chi connectivity index (χ1n) is 9.12. The molecule has 7 heteroatoms. The van der Waals surface area contributed by atoms with Gasteiger partial charge in [0.15, 0.2) is 0 Å². The molecule has 6 nitrogen and oxygen atoms in total. The van der Waals surface area contributed by atoms with E-state index in [4.69, 9.17) is 4.74 Å². The van der Waals surface area contributed by atoms with Gasteiger partial charge in [-0.05, 0) is 55.5 Å². The maximum Gasteiger partial charge on any atom is 0.262 e. The summed E-state index contributed by atoms with van der Waals surface area (Å²) in [5.41, 5.74) is 1.39. The summed E-state index contributed by atoms with van der Waals surface area (Å²) in [6, 6.07) is 11.7. The van der Waals surface area contributed by atoms with Crippen LogP contribution in [0.15, 0.2) is 59.5 Å². The number of amides is 1. The molecule has 3 rings (SSSR count). The van der Waals surface area contributed by atoms with Crippen LogP contribution in [-0.4, -0.2) is 21.4 Å². The fourth-order valence-electron chi connectivity index (χ4n) is 3.21. The zero-order valence-electron chi connectivity index (χ0n) is 15.9. The third kappa shape index (κ3) is 4.72. The molecule has 0 fully saturated rings. The SMILES string of the molecule is COc1ccccc1NS(=O)(=O)c1cc(NC(=O)CC2C=CCC2)ccc1C. The van der Waals surface area contributed by atoms with Gasteiger partial charge in [0.25, 0.3) is 10.0 Å². The lowest BCUT2D eigenvalue weighted by molar-refractivity contribution is -0.116. The summed E-state index contributed by atoms with van der Waals surface area (Å²) in [4.78, 5) is 12.4. The van der Waals surface area contributed by atoms with Crippen molar-refractivity contribution in [2.45, 2.75) is 31.1 Å². The second-order valence-electron chi connectivity index (χ2n) is 6.80. The molecule has 1 aliphatic rings. The number of rotatable bonds is 7. The molecule has 0 saturated heterocycles. The number of ether oxygens (including phenoxy) is 1. The third-order valence-electron chi connectivity index (χ3n) is 4.67. The predicted molar refractivity (Wildman–Crippen MR) is 110 cm³/mol. The highest BCUT2D eigenvalue weighted by atomic mass is 32.2. The molecule has 0 saturated carbocycles. The Kier molecular flexibility index (Phi) is 6.04. The maximum absolute atomic E-state index is 12.9. The van der Waals surface area contributed by atoms with E-state index in [-0.39, 0.29) is 16.7 Å². The number of sulfonamides is 1. The lowest BCUT2D eigenvalue weighted by atomic mass is 10.1. The molecule has 0 radical (unpaired) electrons. The number of anilines is 2. The average molecular weight is 401 g/mol. The van der Waals surface area contributed by atoms with Gasteiger partial charge in [-0.25, -0.2) is 8.42 Å². The molecule has 148 valence electrons. The Hall–Kier alpha value is -2.80. The Morgan fingerprint density at radius 3 is 2.71 bits per heavy atom. The highest BCUT2D eigenvalue weighted by molar-refractivity contribution is 7.92. The van der Waals surface area contributed by atoms with E-state index < -0.39 is 10.0 Å². The van der Waals surface area contributed by atoms with Gasteiger partial charge >= 0.3 is 0 Å². The number of carbonyl (C=O) groups excluding carboxylic acids is 1. The van der Waals surface area contributed by atoms with Crippen LogP contribution in [0.1, 0.15) is 24.8 Å². The molecule has 0 spiro atoms. The van der Waals surface area contributed by atoms with Gasteiger partial charge < -0.3 is 10.1 Å². The molecule has 0 aromatic heterocycles. The number of methoxy groups -OCH3 is 1. The van der Waals surface area contributed by atoms with Crippen molar-refractivity contribution in [3.05, 3.63) is 60.2 Å². The average Bonchev–Trinajstić information content (AvgIpc) is 3.16. The van der Waals surface area contributed by atoms with Crippen molar-refractivity contribution in [3.63, 3.8) is 0 Å². The molecule has 1 atom stereocenters. The second-order valence-corrected chi connectivity index (χ2v) is 8.45. The van der Waals surface area contributed by atoms with Gasteiger partial charge in [0.1, 0.15) is 5.75 Å². The van der Waals surface area contributed by atoms with Gasteiger partial charge in [-0.1, -0.05) is 30.4 Å². The number of hydrogen-bond donors (Lipinski definition) is 2. The van der Waals surface area contributed by atoms with Crippen molar-refractivity contribution in [3.8, 4) is 5.75 Å². The molecule has 28 heavy (non-hydrogen) atoms. The van der Waals surface area contributed by atoms with Crippen molar-refractivity contribution in [1.29, 1.82) is 0 Å². The molecule has 1 aliphatic carbocycles. The minimum absolute atomic E-state index is 0.108. The van der Waals surface area contributed by atoms with Crippen molar-refractivity contribution >= 4 is 27.3 Å². The minimum atomic E-state index is -3.85. The summed E-state index contributed by atoms with van der Waals surface area (Å²) in [5.74, 6) is 0.556. The number of para-hydroxylation sites is 2. The summed E-state index contributed by atoms with van der Waals surface area (Å²) in [7, 11) is -2.37. The third-order valence-corrected chi connectivity index (χ3v) is 6.18. The molecule has 1 unspecified atom stereocenters. The van der Waals surface area contributed by atoms with E-state index >= 15 is 0 Å². The Balaban J connectivity index is 1.79. The number of hydrogen-bond acceptors (Lipinski definition) is 4. The molecular formula is C21H24N2O4S. The van der Waals surface area contributed by atoms with E-state index in [0.717, 1.165) is 12.8 Å². The topological polar surface area (TPSA) is 84.5 Å². The van der Waals surface area contributed by atoms with E-state index in [1.165, 1.54) is 13.2 Å². The first-order valence-corrected chi connectivity index (χ1v) is 10.6.